The summed E-state index contributed by atoms with van der Waals surface area (Å²) in [5.41, 5.74) is 0. The van der Waals surface area contributed by atoms with Gasteiger partial charge in [-0.15, -0.1) is 0 Å². The fourth-order valence-corrected chi connectivity index (χ4v) is 0.234. The van der Waals surface area contributed by atoms with Gasteiger partial charge in [-0.05, 0) is 0 Å². The van der Waals surface area contributed by atoms with Crippen molar-refractivity contribution in [1.29, 1.82) is 0 Å². The second-order valence-electron chi connectivity index (χ2n) is 0.897. The first kappa shape index (κ1) is 3.98. The van der Waals surface area contributed by atoms with Gasteiger partial charge in [0.25, 0.3) is 5.89 Å². The van der Waals surface area contributed by atoms with Crippen LogP contribution in [0.25, 0.3) is 0 Å². The molecule has 0 aliphatic heterocycles. The Morgan fingerprint density at radius 3 is 3.00 bits per heavy atom. The lowest BCUT2D eigenvalue weighted by Crippen LogP contribution is -1.72. The van der Waals surface area contributed by atoms with Gasteiger partial charge < -0.3 is 4.52 Å². The first-order chi connectivity index (χ1) is 3.43. The van der Waals surface area contributed by atoms with Crippen molar-refractivity contribution in [1.82, 2.24) is 10.1 Å². The van der Waals surface area contributed by atoms with Crippen molar-refractivity contribution in [2.24, 2.45) is 0 Å². The highest BCUT2D eigenvalue weighted by molar-refractivity contribution is 5.66. The molecule has 1 heterocycles. The molecule has 0 aliphatic carbocycles. The van der Waals surface area contributed by atoms with E-state index in [1.165, 1.54) is 6.33 Å². The van der Waals surface area contributed by atoms with Crippen molar-refractivity contribution in [2.75, 3.05) is 0 Å². The lowest BCUT2D eigenvalue weighted by atomic mass is 10.8. The van der Waals surface area contributed by atoms with Gasteiger partial charge in [-0.25, -0.2) is 0 Å². The average molecular weight is 98.1 g/mol. The Kier molecular flexibility index (Phi) is 0.856. The summed E-state index contributed by atoms with van der Waals surface area (Å²) < 4.78 is 4.25. The molecule has 7 heavy (non-hydrogen) atoms. The summed E-state index contributed by atoms with van der Waals surface area (Å²) in [6.07, 6.45) is 1.66. The number of carbonyl (C=O) groups excluding carboxylic acids is 1. The standard InChI is InChI=1S/C3H2N2O2/c6-1-3-4-2-5-7-3/h1-2H. The Morgan fingerprint density at radius 2 is 2.71 bits per heavy atom. The minimum Gasteiger partial charge on any atom is -0.331 e. The Labute approximate surface area is 39.1 Å². The van der Waals surface area contributed by atoms with Crippen LogP contribution in [0.5, 0.6) is 0 Å². The van der Waals surface area contributed by atoms with Crippen LogP contribution >= 0.6 is 0 Å². The molecule has 1 aromatic rings. The van der Waals surface area contributed by atoms with Gasteiger partial charge in [-0.1, -0.05) is 5.16 Å². The number of aldehydes is 1. The van der Waals surface area contributed by atoms with Crippen LogP contribution in [-0.2, 0) is 0 Å². The van der Waals surface area contributed by atoms with Crippen molar-refractivity contribution in [2.45, 2.75) is 0 Å². The molecular formula is C3H2N2O2. The summed E-state index contributed by atoms with van der Waals surface area (Å²) in [6, 6.07) is 0. The lowest BCUT2D eigenvalue weighted by molar-refractivity contribution is 0.108. The van der Waals surface area contributed by atoms with Gasteiger partial charge in [0.1, 0.15) is 0 Å². The summed E-state index contributed by atoms with van der Waals surface area (Å²) in [5.74, 6) is 0.0139. The molecule has 0 N–H and O–H groups in total. The molecule has 0 atom stereocenters. The Hall–Kier alpha value is -1.19. The minimum atomic E-state index is 0.0139. The molecule has 36 valence electrons. The van der Waals surface area contributed by atoms with Crippen molar-refractivity contribution in [3.05, 3.63) is 12.2 Å². The fraction of sp³-hybridized carbons (Fsp3) is 0. The van der Waals surface area contributed by atoms with Crippen LogP contribution in [0.1, 0.15) is 10.7 Å². The maximum atomic E-state index is 9.67. The first-order valence-electron chi connectivity index (χ1n) is 1.65. The molecule has 0 saturated carbocycles. The van der Waals surface area contributed by atoms with Crippen LogP contribution in [-0.4, -0.2) is 16.4 Å². The van der Waals surface area contributed by atoms with E-state index in [1.54, 1.807) is 0 Å². The van der Waals surface area contributed by atoms with Gasteiger partial charge in [-0.3, -0.25) is 4.79 Å². The van der Waals surface area contributed by atoms with Crippen molar-refractivity contribution < 1.29 is 9.32 Å². The molecule has 0 unspecified atom stereocenters. The maximum Gasteiger partial charge on any atom is 0.290 e. The third-order valence-electron chi connectivity index (χ3n) is 0.479. The van der Waals surface area contributed by atoms with Gasteiger partial charge >= 0.3 is 0 Å². The smallest absolute Gasteiger partial charge is 0.290 e. The summed E-state index contributed by atoms with van der Waals surface area (Å²) in [5, 5.41) is 3.18. The highest BCUT2D eigenvalue weighted by Gasteiger charge is 1.88. The van der Waals surface area contributed by atoms with E-state index in [0.29, 0.717) is 6.29 Å². The van der Waals surface area contributed by atoms with E-state index in [-0.39, 0.29) is 5.89 Å². The van der Waals surface area contributed by atoms with Gasteiger partial charge in [0.2, 0.25) is 6.29 Å². The average Bonchev–Trinajstić information content (AvgIpc) is 2.14. The number of aromatic nitrogens is 2. The quantitative estimate of drug-likeness (QED) is 0.459. The Morgan fingerprint density at radius 1 is 1.86 bits per heavy atom. The highest BCUT2D eigenvalue weighted by Crippen LogP contribution is 1.80. The van der Waals surface area contributed by atoms with E-state index in [2.05, 4.69) is 14.7 Å². The van der Waals surface area contributed by atoms with Crippen LogP contribution in [0.15, 0.2) is 10.9 Å². The summed E-state index contributed by atoms with van der Waals surface area (Å²) >= 11 is 0. The summed E-state index contributed by atoms with van der Waals surface area (Å²) in [6.45, 7) is 0. The molecule has 0 amide bonds. The second kappa shape index (κ2) is 1.51. The highest BCUT2D eigenvalue weighted by atomic mass is 16.5. The van der Waals surface area contributed by atoms with Crippen molar-refractivity contribution >= 4 is 6.29 Å². The predicted octanol–water partition coefficient (Wildman–Crippen LogP) is -0.118. The van der Waals surface area contributed by atoms with Gasteiger partial charge in [-0.2, -0.15) is 4.98 Å². The van der Waals surface area contributed by atoms with Crippen molar-refractivity contribution in [3.63, 3.8) is 0 Å². The largest absolute Gasteiger partial charge is 0.331 e. The van der Waals surface area contributed by atoms with Gasteiger partial charge in [0, 0.05) is 0 Å². The molecular weight excluding hydrogens is 96.0 g/mol. The molecule has 1 rings (SSSR count). The first-order valence-corrected chi connectivity index (χ1v) is 1.65. The van der Waals surface area contributed by atoms with Gasteiger partial charge in [0.15, 0.2) is 6.33 Å². The molecule has 0 aliphatic rings. The Bertz CT molecular complexity index is 146. The molecule has 1 aromatic heterocycles. The van der Waals surface area contributed by atoms with E-state index >= 15 is 0 Å². The topological polar surface area (TPSA) is 56.0 Å². The van der Waals surface area contributed by atoms with Crippen LogP contribution in [0.3, 0.4) is 0 Å². The zero-order valence-electron chi connectivity index (χ0n) is 3.37. The maximum absolute atomic E-state index is 9.67. The van der Waals surface area contributed by atoms with E-state index in [1.807, 2.05) is 0 Å². The van der Waals surface area contributed by atoms with Crippen LogP contribution in [0, 0.1) is 0 Å². The second-order valence-corrected chi connectivity index (χ2v) is 0.897. The zero-order valence-corrected chi connectivity index (χ0v) is 3.37. The van der Waals surface area contributed by atoms with Crippen molar-refractivity contribution in [3.8, 4) is 0 Å². The predicted molar refractivity (Wildman–Crippen MR) is 19.7 cm³/mol. The summed E-state index contributed by atoms with van der Waals surface area (Å²) in [7, 11) is 0. The van der Waals surface area contributed by atoms with E-state index in [9.17, 15) is 4.79 Å². The third-order valence-corrected chi connectivity index (χ3v) is 0.479. The molecule has 0 radical (unpaired) electrons. The summed E-state index contributed by atoms with van der Waals surface area (Å²) in [4.78, 5) is 13.1. The SMILES string of the molecule is O=Cc1ncno1. The van der Waals surface area contributed by atoms with E-state index in [0.717, 1.165) is 0 Å². The molecule has 4 nitrogen and oxygen atoms in total. The molecule has 0 bridgehead atoms. The minimum absolute atomic E-state index is 0.0139. The van der Waals surface area contributed by atoms with E-state index in [4.69, 9.17) is 0 Å². The molecule has 0 saturated heterocycles. The lowest BCUT2D eigenvalue weighted by Gasteiger charge is -1.63. The zero-order chi connectivity index (χ0) is 5.11. The number of hydrogen-bond donors (Lipinski definition) is 0. The molecule has 0 fully saturated rings. The molecule has 0 spiro atoms. The van der Waals surface area contributed by atoms with E-state index < -0.39 is 0 Å². The number of carbonyl (C=O) groups is 1. The number of rotatable bonds is 1. The number of nitrogens with zero attached hydrogens (tertiary/aromatic N) is 2. The van der Waals surface area contributed by atoms with Crippen LogP contribution in [0.4, 0.5) is 0 Å². The number of hydrogen-bond acceptors (Lipinski definition) is 4. The van der Waals surface area contributed by atoms with Crippen LogP contribution < -0.4 is 0 Å². The monoisotopic (exact) mass is 98.0 g/mol. The molecule has 4 heteroatoms. The van der Waals surface area contributed by atoms with Crippen LogP contribution in [0.2, 0.25) is 0 Å². The van der Waals surface area contributed by atoms with Gasteiger partial charge in [0.05, 0.1) is 0 Å². The normalized spacial score (nSPS) is 8.57. The third kappa shape index (κ3) is 0.623. The fourth-order valence-electron chi connectivity index (χ4n) is 0.234. The molecule has 0 aromatic carbocycles. The Balaban J connectivity index is 2.96.